The molecule has 0 bridgehead atoms. The van der Waals surface area contributed by atoms with E-state index >= 15 is 0 Å². The first-order valence-electron chi connectivity index (χ1n) is 7.31. The second kappa shape index (κ2) is 7.74. The van der Waals surface area contributed by atoms with Crippen molar-refractivity contribution in [3.8, 4) is 0 Å². The number of nitrogens with two attached hydrogens (primary N) is 1. The van der Waals surface area contributed by atoms with Crippen LogP contribution in [0.15, 0.2) is 0 Å². The third-order valence-corrected chi connectivity index (χ3v) is 3.56. The highest BCUT2D eigenvalue weighted by Gasteiger charge is 2.29. The van der Waals surface area contributed by atoms with Crippen LogP contribution in [0.25, 0.3) is 0 Å². The average Bonchev–Trinajstić information content (AvgIpc) is 3.10. The van der Waals surface area contributed by atoms with E-state index in [1.807, 2.05) is 6.92 Å². The fraction of sp³-hybridized carbons (Fsp3) is 0.929. The van der Waals surface area contributed by atoms with E-state index < -0.39 is 0 Å². The monoisotopic (exact) mass is 255 g/mol. The van der Waals surface area contributed by atoms with Crippen LogP contribution in [0.4, 0.5) is 0 Å². The van der Waals surface area contributed by atoms with Crippen LogP contribution in [0.1, 0.15) is 46.5 Å². The van der Waals surface area contributed by atoms with Gasteiger partial charge in [0, 0.05) is 12.6 Å². The fourth-order valence-electron chi connectivity index (χ4n) is 2.23. The van der Waals surface area contributed by atoms with Crippen molar-refractivity contribution >= 4 is 5.91 Å². The number of nitrogens with one attached hydrogen (secondary N) is 1. The maximum absolute atomic E-state index is 11.3. The molecule has 0 saturated heterocycles. The number of carbonyl (C=O) groups excluding carboxylic acids is 1. The summed E-state index contributed by atoms with van der Waals surface area (Å²) < 4.78 is 0. The molecule has 4 heteroatoms. The smallest absolute Gasteiger partial charge is 0.234 e. The Morgan fingerprint density at radius 3 is 2.39 bits per heavy atom. The van der Waals surface area contributed by atoms with Crippen molar-refractivity contribution in [2.45, 2.75) is 58.5 Å². The van der Waals surface area contributed by atoms with Crippen LogP contribution >= 0.6 is 0 Å². The van der Waals surface area contributed by atoms with E-state index in [2.05, 4.69) is 24.1 Å². The molecule has 1 amide bonds. The van der Waals surface area contributed by atoms with Crippen LogP contribution < -0.4 is 11.1 Å². The van der Waals surface area contributed by atoms with Crippen LogP contribution in [0.3, 0.4) is 0 Å². The van der Waals surface area contributed by atoms with Crippen LogP contribution in [-0.4, -0.2) is 42.5 Å². The molecule has 0 spiro atoms. The molecule has 1 saturated carbocycles. The van der Waals surface area contributed by atoms with Crippen LogP contribution in [0, 0.1) is 5.92 Å². The molecule has 1 unspecified atom stereocenters. The summed E-state index contributed by atoms with van der Waals surface area (Å²) >= 11 is 0. The molecule has 0 aromatic carbocycles. The lowest BCUT2D eigenvalue weighted by atomic mass is 10.1. The Morgan fingerprint density at radius 1 is 1.33 bits per heavy atom. The lowest BCUT2D eigenvalue weighted by Crippen LogP contribution is -2.44. The first-order chi connectivity index (χ1) is 8.54. The van der Waals surface area contributed by atoms with Gasteiger partial charge in [-0.25, -0.2) is 0 Å². The molecule has 0 heterocycles. The molecule has 1 aliphatic carbocycles. The number of likely N-dealkylation sites (N-methyl/N-ethyl adjacent to an activating group) is 1. The topological polar surface area (TPSA) is 58.4 Å². The Hall–Kier alpha value is -0.610. The van der Waals surface area contributed by atoms with Gasteiger partial charge >= 0.3 is 0 Å². The molecule has 18 heavy (non-hydrogen) atoms. The van der Waals surface area contributed by atoms with E-state index in [9.17, 15) is 4.79 Å². The highest BCUT2D eigenvalue weighted by atomic mass is 16.1. The quantitative estimate of drug-likeness (QED) is 0.619. The summed E-state index contributed by atoms with van der Waals surface area (Å²) in [7, 11) is 0. The molecule has 106 valence electrons. The van der Waals surface area contributed by atoms with Gasteiger partial charge in [-0.3, -0.25) is 4.79 Å². The van der Waals surface area contributed by atoms with Gasteiger partial charge < -0.3 is 16.0 Å². The summed E-state index contributed by atoms with van der Waals surface area (Å²) in [6.45, 7) is 9.46. The normalized spacial score (nSPS) is 17.4. The van der Waals surface area contributed by atoms with Crippen LogP contribution in [0.5, 0.6) is 0 Å². The van der Waals surface area contributed by atoms with Crippen molar-refractivity contribution in [3.05, 3.63) is 0 Å². The number of primary amides is 1. The minimum atomic E-state index is -0.226. The van der Waals surface area contributed by atoms with Gasteiger partial charge in [0.05, 0.1) is 6.04 Å². The minimum absolute atomic E-state index is 0.171. The van der Waals surface area contributed by atoms with Gasteiger partial charge in [-0.05, 0) is 44.7 Å². The van der Waals surface area contributed by atoms with E-state index in [1.165, 1.54) is 19.3 Å². The average molecular weight is 255 g/mol. The number of rotatable bonds is 10. The molecular weight excluding hydrogens is 226 g/mol. The number of hydrogen-bond donors (Lipinski definition) is 2. The van der Waals surface area contributed by atoms with Crippen molar-refractivity contribution < 1.29 is 4.79 Å². The maximum atomic E-state index is 11.3. The molecule has 1 fully saturated rings. The van der Waals surface area contributed by atoms with Gasteiger partial charge in [-0.1, -0.05) is 20.8 Å². The lowest BCUT2D eigenvalue weighted by molar-refractivity contribution is -0.120. The molecule has 4 nitrogen and oxygen atoms in total. The van der Waals surface area contributed by atoms with Gasteiger partial charge in [-0.2, -0.15) is 0 Å². The van der Waals surface area contributed by atoms with Crippen LogP contribution in [0.2, 0.25) is 0 Å². The number of hydrogen-bond acceptors (Lipinski definition) is 3. The largest absolute Gasteiger partial charge is 0.368 e. The first kappa shape index (κ1) is 15.4. The van der Waals surface area contributed by atoms with E-state index in [0.29, 0.717) is 0 Å². The Labute approximate surface area is 111 Å². The Bertz CT molecular complexity index is 251. The summed E-state index contributed by atoms with van der Waals surface area (Å²) in [4.78, 5) is 13.8. The SMILES string of the molecule is CCNC(CCN(CCC(C)C)C1CC1)C(N)=O. The summed E-state index contributed by atoms with van der Waals surface area (Å²) in [5.41, 5.74) is 5.40. The molecule has 1 aliphatic rings. The Kier molecular flexibility index (Phi) is 6.65. The lowest BCUT2D eigenvalue weighted by Gasteiger charge is -2.25. The highest BCUT2D eigenvalue weighted by Crippen LogP contribution is 2.27. The first-order valence-corrected chi connectivity index (χ1v) is 7.31. The third kappa shape index (κ3) is 5.83. The Morgan fingerprint density at radius 2 is 1.94 bits per heavy atom. The van der Waals surface area contributed by atoms with E-state index in [4.69, 9.17) is 5.73 Å². The van der Waals surface area contributed by atoms with Gasteiger partial charge in [-0.15, -0.1) is 0 Å². The van der Waals surface area contributed by atoms with Crippen LogP contribution in [-0.2, 0) is 4.79 Å². The zero-order chi connectivity index (χ0) is 13.5. The second-order valence-electron chi connectivity index (χ2n) is 5.75. The van der Waals surface area contributed by atoms with E-state index in [1.54, 1.807) is 0 Å². The second-order valence-corrected chi connectivity index (χ2v) is 5.75. The Balaban J connectivity index is 2.33. The summed E-state index contributed by atoms with van der Waals surface area (Å²) in [5, 5.41) is 3.16. The molecular formula is C14H29N3O. The molecule has 1 atom stereocenters. The fourth-order valence-corrected chi connectivity index (χ4v) is 2.23. The molecule has 0 aromatic heterocycles. The van der Waals surface area contributed by atoms with Gasteiger partial charge in [0.2, 0.25) is 5.91 Å². The number of carbonyl (C=O) groups is 1. The number of nitrogens with zero attached hydrogens (tertiary/aromatic N) is 1. The van der Waals surface area contributed by atoms with Crippen molar-refractivity contribution in [1.82, 2.24) is 10.2 Å². The maximum Gasteiger partial charge on any atom is 0.234 e. The molecule has 0 radical (unpaired) electrons. The standard InChI is InChI=1S/C14H29N3O/c1-4-16-13(14(15)18)8-10-17(12-5-6-12)9-7-11(2)3/h11-13,16H,4-10H2,1-3H3,(H2,15,18). The van der Waals surface area contributed by atoms with Gasteiger partial charge in [0.25, 0.3) is 0 Å². The predicted octanol–water partition coefficient (Wildman–Crippen LogP) is 1.35. The predicted molar refractivity (Wildman–Crippen MR) is 75.3 cm³/mol. The van der Waals surface area contributed by atoms with E-state index in [-0.39, 0.29) is 11.9 Å². The van der Waals surface area contributed by atoms with Crippen molar-refractivity contribution in [2.24, 2.45) is 11.7 Å². The zero-order valence-corrected chi connectivity index (χ0v) is 12.1. The molecule has 0 aromatic rings. The van der Waals surface area contributed by atoms with Gasteiger partial charge in [0.1, 0.15) is 0 Å². The van der Waals surface area contributed by atoms with Crippen molar-refractivity contribution in [1.29, 1.82) is 0 Å². The van der Waals surface area contributed by atoms with Crippen molar-refractivity contribution in [2.75, 3.05) is 19.6 Å². The number of amides is 1. The summed E-state index contributed by atoms with van der Waals surface area (Å²) in [6.07, 6.45) is 4.71. The highest BCUT2D eigenvalue weighted by molar-refractivity contribution is 5.79. The van der Waals surface area contributed by atoms with Gasteiger partial charge in [0.15, 0.2) is 0 Å². The minimum Gasteiger partial charge on any atom is -0.368 e. The third-order valence-electron chi connectivity index (χ3n) is 3.56. The molecule has 0 aliphatic heterocycles. The molecule has 3 N–H and O–H groups in total. The summed E-state index contributed by atoms with van der Waals surface area (Å²) in [6, 6.07) is 0.592. The van der Waals surface area contributed by atoms with E-state index in [0.717, 1.165) is 38.0 Å². The summed E-state index contributed by atoms with van der Waals surface area (Å²) in [5.74, 6) is 0.517. The van der Waals surface area contributed by atoms with Crippen molar-refractivity contribution in [3.63, 3.8) is 0 Å². The molecule has 1 rings (SSSR count). The zero-order valence-electron chi connectivity index (χ0n) is 12.1.